The van der Waals surface area contributed by atoms with E-state index < -0.39 is 20.6 Å². The number of unbranched alkanes of at least 4 members (excludes halogenated alkanes) is 1. The lowest BCUT2D eigenvalue weighted by atomic mass is 9.97. The van der Waals surface area contributed by atoms with Gasteiger partial charge in [0.25, 0.3) is 0 Å². The third-order valence-corrected chi connectivity index (χ3v) is 8.35. The zero-order valence-corrected chi connectivity index (χ0v) is 19.2. The van der Waals surface area contributed by atoms with Crippen LogP contribution in [0.4, 0.5) is 0 Å². The van der Waals surface area contributed by atoms with Gasteiger partial charge in [0.2, 0.25) is 0 Å². The van der Waals surface area contributed by atoms with Gasteiger partial charge in [-0.3, -0.25) is 9.63 Å². The number of carboxylic acid groups (broad SMARTS) is 1. The molecule has 0 amide bonds. The lowest BCUT2D eigenvalue weighted by Gasteiger charge is -2.37. The fourth-order valence-corrected chi connectivity index (χ4v) is 5.68. The van der Waals surface area contributed by atoms with E-state index >= 15 is 0 Å². The van der Waals surface area contributed by atoms with Crippen molar-refractivity contribution in [1.82, 2.24) is 5.06 Å². The average molecular weight is 462 g/mol. The molecule has 0 atom stereocenters. The largest absolute Gasteiger partial charge is 0.494 e. The minimum Gasteiger partial charge on any atom is -0.494 e. The Morgan fingerprint density at radius 3 is 2.28 bits per heavy atom. The SMILES string of the molecule is CCCCOc1ccc(S(=O)(=O)C2(C(=O)O)CCN(OCCc3ccccc3)CC2)cc1. The first-order chi connectivity index (χ1) is 15.4. The average Bonchev–Trinajstić information content (AvgIpc) is 2.80. The Morgan fingerprint density at radius 2 is 1.69 bits per heavy atom. The van der Waals surface area contributed by atoms with Crippen molar-refractivity contribution in [3.05, 3.63) is 60.2 Å². The molecule has 1 heterocycles. The number of hydrogen-bond acceptors (Lipinski definition) is 6. The molecule has 174 valence electrons. The molecule has 0 unspecified atom stereocenters. The van der Waals surface area contributed by atoms with Gasteiger partial charge in [-0.05, 0) is 55.5 Å². The summed E-state index contributed by atoms with van der Waals surface area (Å²) in [6.07, 6.45) is 2.56. The summed E-state index contributed by atoms with van der Waals surface area (Å²) < 4.78 is 30.4. The van der Waals surface area contributed by atoms with Gasteiger partial charge in [-0.15, -0.1) is 0 Å². The highest BCUT2D eigenvalue weighted by Crippen LogP contribution is 2.36. The third-order valence-electron chi connectivity index (χ3n) is 5.84. The summed E-state index contributed by atoms with van der Waals surface area (Å²) in [4.78, 5) is 18.0. The van der Waals surface area contributed by atoms with Gasteiger partial charge in [0.1, 0.15) is 5.75 Å². The number of rotatable bonds is 11. The van der Waals surface area contributed by atoms with E-state index in [1.165, 1.54) is 12.1 Å². The number of aliphatic carboxylic acids is 1. The predicted molar refractivity (Wildman–Crippen MR) is 121 cm³/mol. The highest BCUT2D eigenvalue weighted by atomic mass is 32.2. The van der Waals surface area contributed by atoms with Crippen molar-refractivity contribution in [2.75, 3.05) is 26.3 Å². The highest BCUT2D eigenvalue weighted by molar-refractivity contribution is 7.93. The second-order valence-corrected chi connectivity index (χ2v) is 10.2. The molecule has 1 saturated heterocycles. The minimum atomic E-state index is -4.09. The molecular formula is C24H31NO6S. The molecule has 1 N–H and O–H groups in total. The highest BCUT2D eigenvalue weighted by Gasteiger charge is 2.53. The Hall–Kier alpha value is -2.42. The van der Waals surface area contributed by atoms with Crippen LogP contribution in [0.25, 0.3) is 0 Å². The van der Waals surface area contributed by atoms with Crippen molar-refractivity contribution < 1.29 is 27.9 Å². The van der Waals surface area contributed by atoms with E-state index in [4.69, 9.17) is 9.57 Å². The standard InChI is InChI=1S/C24H31NO6S/c1-2-3-18-30-21-9-11-22(12-10-21)32(28,29)24(23(26)27)14-16-25(17-15-24)31-19-13-20-7-5-4-6-8-20/h4-12H,2-3,13-19H2,1H3,(H,26,27). The summed E-state index contributed by atoms with van der Waals surface area (Å²) >= 11 is 0. The van der Waals surface area contributed by atoms with Crippen LogP contribution in [0.3, 0.4) is 0 Å². The summed E-state index contributed by atoms with van der Waals surface area (Å²) in [7, 11) is -4.09. The number of piperidine rings is 1. The normalized spacial score (nSPS) is 16.5. The first kappa shape index (κ1) is 24.2. The molecule has 0 aliphatic carbocycles. The Morgan fingerprint density at radius 1 is 1.03 bits per heavy atom. The summed E-state index contributed by atoms with van der Waals surface area (Å²) in [5, 5.41) is 11.6. The lowest BCUT2D eigenvalue weighted by Crippen LogP contribution is -2.54. The number of hydrogen-bond donors (Lipinski definition) is 1. The van der Waals surface area contributed by atoms with E-state index in [1.54, 1.807) is 17.2 Å². The third kappa shape index (κ3) is 5.49. The fraction of sp³-hybridized carbons (Fsp3) is 0.458. The number of carbonyl (C=O) groups is 1. The van der Waals surface area contributed by atoms with E-state index in [1.807, 2.05) is 30.3 Å². The molecular weight excluding hydrogens is 430 g/mol. The van der Waals surface area contributed by atoms with Crippen LogP contribution in [-0.2, 0) is 25.9 Å². The van der Waals surface area contributed by atoms with Crippen LogP contribution < -0.4 is 4.74 Å². The van der Waals surface area contributed by atoms with Gasteiger partial charge < -0.3 is 9.84 Å². The monoisotopic (exact) mass is 461 g/mol. The molecule has 3 rings (SSSR count). The van der Waals surface area contributed by atoms with Crippen LogP contribution in [0.5, 0.6) is 5.75 Å². The van der Waals surface area contributed by atoms with E-state index in [0.717, 1.165) is 24.8 Å². The van der Waals surface area contributed by atoms with Gasteiger partial charge in [-0.2, -0.15) is 5.06 Å². The van der Waals surface area contributed by atoms with Crippen molar-refractivity contribution in [3.63, 3.8) is 0 Å². The van der Waals surface area contributed by atoms with Gasteiger partial charge in [0.15, 0.2) is 14.6 Å². The predicted octanol–water partition coefficient (Wildman–Crippen LogP) is 3.73. The molecule has 0 bridgehead atoms. The first-order valence-electron chi connectivity index (χ1n) is 11.0. The second-order valence-electron chi connectivity index (χ2n) is 7.97. The zero-order chi connectivity index (χ0) is 23.0. The Labute approximate surface area is 189 Å². The van der Waals surface area contributed by atoms with Gasteiger partial charge in [0, 0.05) is 13.1 Å². The van der Waals surface area contributed by atoms with Crippen molar-refractivity contribution in [1.29, 1.82) is 0 Å². The molecule has 1 aliphatic heterocycles. The summed E-state index contributed by atoms with van der Waals surface area (Å²) in [6.45, 7) is 3.54. The van der Waals surface area contributed by atoms with Crippen molar-refractivity contribution >= 4 is 15.8 Å². The molecule has 1 fully saturated rings. The van der Waals surface area contributed by atoms with Crippen molar-refractivity contribution in [2.45, 2.75) is 48.7 Å². The number of ether oxygens (including phenoxy) is 1. The second kappa shape index (κ2) is 10.9. The van der Waals surface area contributed by atoms with Gasteiger partial charge in [-0.25, -0.2) is 8.42 Å². The maximum Gasteiger partial charge on any atom is 0.325 e. The van der Waals surface area contributed by atoms with Crippen molar-refractivity contribution in [3.8, 4) is 5.75 Å². The van der Waals surface area contributed by atoms with Crippen LogP contribution in [0.1, 0.15) is 38.2 Å². The molecule has 1 aliphatic rings. The lowest BCUT2D eigenvalue weighted by molar-refractivity contribution is -0.176. The van der Waals surface area contributed by atoms with Crippen LogP contribution >= 0.6 is 0 Å². The van der Waals surface area contributed by atoms with Crippen LogP contribution in [0, 0.1) is 0 Å². The van der Waals surface area contributed by atoms with Gasteiger partial charge >= 0.3 is 5.97 Å². The van der Waals surface area contributed by atoms with Gasteiger partial charge in [-0.1, -0.05) is 43.7 Å². The molecule has 32 heavy (non-hydrogen) atoms. The molecule has 7 nitrogen and oxygen atoms in total. The Bertz CT molecular complexity index is 967. The first-order valence-corrected chi connectivity index (χ1v) is 12.5. The topological polar surface area (TPSA) is 93.1 Å². The molecule has 2 aromatic rings. The fourth-order valence-electron chi connectivity index (χ4n) is 3.79. The van der Waals surface area contributed by atoms with Crippen LogP contribution in [0.15, 0.2) is 59.5 Å². The smallest absolute Gasteiger partial charge is 0.325 e. The number of benzene rings is 2. The van der Waals surface area contributed by atoms with Gasteiger partial charge in [0.05, 0.1) is 18.1 Å². The molecule has 0 aromatic heterocycles. The Kier molecular flexibility index (Phi) is 8.28. The van der Waals surface area contributed by atoms with E-state index in [9.17, 15) is 18.3 Å². The number of hydroxylamine groups is 2. The maximum absolute atomic E-state index is 13.3. The zero-order valence-electron chi connectivity index (χ0n) is 18.4. The summed E-state index contributed by atoms with van der Waals surface area (Å²) in [6, 6.07) is 15.9. The minimum absolute atomic E-state index is 0.00110. The molecule has 0 radical (unpaired) electrons. The molecule has 0 saturated carbocycles. The van der Waals surface area contributed by atoms with Crippen molar-refractivity contribution in [2.24, 2.45) is 0 Å². The van der Waals surface area contributed by atoms with E-state index in [-0.39, 0.29) is 30.8 Å². The summed E-state index contributed by atoms with van der Waals surface area (Å²) in [5.74, 6) is -0.742. The summed E-state index contributed by atoms with van der Waals surface area (Å²) in [5.41, 5.74) is 1.15. The molecule has 2 aromatic carbocycles. The van der Waals surface area contributed by atoms with Crippen LogP contribution in [0.2, 0.25) is 0 Å². The maximum atomic E-state index is 13.3. The number of nitrogens with zero attached hydrogens (tertiary/aromatic N) is 1. The molecule has 0 spiro atoms. The Balaban J connectivity index is 1.63. The molecule has 8 heteroatoms. The van der Waals surface area contributed by atoms with Crippen LogP contribution in [-0.4, -0.2) is 55.6 Å². The van der Waals surface area contributed by atoms with E-state index in [2.05, 4.69) is 6.92 Å². The number of sulfone groups is 1. The van der Waals surface area contributed by atoms with E-state index in [0.29, 0.717) is 19.0 Å². The number of carboxylic acids is 1. The quantitative estimate of drug-likeness (QED) is 0.510.